The van der Waals surface area contributed by atoms with E-state index in [4.69, 9.17) is 9.63 Å². The van der Waals surface area contributed by atoms with Crippen LogP contribution in [-0.2, 0) is 6.42 Å². The Hall–Kier alpha value is -0.970. The van der Waals surface area contributed by atoms with E-state index in [1.54, 1.807) is 0 Å². The SMILES string of the molecule is O=C(O)c1cnoc1CC1CCCS1. The van der Waals surface area contributed by atoms with Crippen LogP contribution in [0, 0.1) is 0 Å². The number of aromatic nitrogens is 1. The van der Waals surface area contributed by atoms with E-state index in [2.05, 4.69) is 5.16 Å². The second-order valence-corrected chi connectivity index (χ2v) is 4.72. The molecule has 0 radical (unpaired) electrons. The van der Waals surface area contributed by atoms with Crippen LogP contribution in [0.15, 0.2) is 10.7 Å². The Morgan fingerprint density at radius 1 is 1.79 bits per heavy atom. The fraction of sp³-hybridized carbons (Fsp3) is 0.556. The number of carboxylic acids is 1. The molecule has 1 aliphatic rings. The molecule has 0 spiro atoms. The van der Waals surface area contributed by atoms with Crippen molar-refractivity contribution in [2.45, 2.75) is 24.5 Å². The number of carboxylic acid groups (broad SMARTS) is 1. The average molecular weight is 213 g/mol. The minimum Gasteiger partial charge on any atom is -0.478 e. The van der Waals surface area contributed by atoms with E-state index in [1.807, 2.05) is 11.8 Å². The Labute approximate surface area is 85.7 Å². The van der Waals surface area contributed by atoms with E-state index in [1.165, 1.54) is 18.4 Å². The summed E-state index contributed by atoms with van der Waals surface area (Å²) in [6.45, 7) is 0. The van der Waals surface area contributed by atoms with Crippen LogP contribution in [0.3, 0.4) is 0 Å². The number of aromatic carboxylic acids is 1. The molecule has 0 aromatic carbocycles. The van der Waals surface area contributed by atoms with Crippen LogP contribution in [0.25, 0.3) is 0 Å². The molecule has 0 amide bonds. The minimum atomic E-state index is -0.954. The summed E-state index contributed by atoms with van der Waals surface area (Å²) in [5, 5.41) is 12.8. The third-order valence-corrected chi connectivity index (χ3v) is 3.71. The van der Waals surface area contributed by atoms with Gasteiger partial charge in [0.1, 0.15) is 5.56 Å². The Morgan fingerprint density at radius 2 is 2.64 bits per heavy atom. The summed E-state index contributed by atoms with van der Waals surface area (Å²) in [6.07, 6.45) is 4.32. The third-order valence-electron chi connectivity index (χ3n) is 2.31. The zero-order chi connectivity index (χ0) is 9.97. The zero-order valence-electron chi connectivity index (χ0n) is 7.60. The molecule has 14 heavy (non-hydrogen) atoms. The van der Waals surface area contributed by atoms with Crippen molar-refractivity contribution < 1.29 is 14.4 Å². The summed E-state index contributed by atoms with van der Waals surface area (Å²) < 4.78 is 4.94. The molecule has 2 rings (SSSR count). The van der Waals surface area contributed by atoms with Gasteiger partial charge in [-0.25, -0.2) is 4.79 Å². The van der Waals surface area contributed by atoms with Gasteiger partial charge in [0, 0.05) is 11.7 Å². The van der Waals surface area contributed by atoms with Gasteiger partial charge in [0.05, 0.1) is 6.20 Å². The lowest BCUT2D eigenvalue weighted by Gasteiger charge is -2.04. The molecule has 1 aromatic heterocycles. The predicted octanol–water partition coefficient (Wildman–Crippen LogP) is 1.81. The lowest BCUT2D eigenvalue weighted by molar-refractivity contribution is 0.0694. The summed E-state index contributed by atoms with van der Waals surface area (Å²) >= 11 is 1.88. The topological polar surface area (TPSA) is 63.3 Å². The van der Waals surface area contributed by atoms with Crippen LogP contribution in [0.4, 0.5) is 0 Å². The van der Waals surface area contributed by atoms with Crippen LogP contribution in [-0.4, -0.2) is 27.2 Å². The smallest absolute Gasteiger partial charge is 0.340 e. The van der Waals surface area contributed by atoms with E-state index in [0.29, 0.717) is 17.4 Å². The predicted molar refractivity (Wildman–Crippen MR) is 52.6 cm³/mol. The molecule has 0 aliphatic carbocycles. The molecule has 1 atom stereocenters. The lowest BCUT2D eigenvalue weighted by Crippen LogP contribution is -2.06. The number of carbonyl (C=O) groups is 1. The Morgan fingerprint density at radius 3 is 3.29 bits per heavy atom. The maximum Gasteiger partial charge on any atom is 0.340 e. The highest BCUT2D eigenvalue weighted by Crippen LogP contribution is 2.29. The molecule has 1 saturated heterocycles. The third kappa shape index (κ3) is 1.92. The van der Waals surface area contributed by atoms with Crippen LogP contribution in [0.1, 0.15) is 29.0 Å². The molecule has 1 fully saturated rings. The van der Waals surface area contributed by atoms with E-state index in [9.17, 15) is 4.79 Å². The largest absolute Gasteiger partial charge is 0.478 e. The van der Waals surface area contributed by atoms with E-state index in [0.717, 1.165) is 6.42 Å². The number of thioether (sulfide) groups is 1. The van der Waals surface area contributed by atoms with Crippen LogP contribution in [0.2, 0.25) is 0 Å². The van der Waals surface area contributed by atoms with Gasteiger partial charge in [0.2, 0.25) is 0 Å². The van der Waals surface area contributed by atoms with Crippen molar-refractivity contribution in [3.8, 4) is 0 Å². The summed E-state index contributed by atoms with van der Waals surface area (Å²) in [6, 6.07) is 0. The van der Waals surface area contributed by atoms with Crippen molar-refractivity contribution in [2.24, 2.45) is 0 Å². The van der Waals surface area contributed by atoms with Crippen molar-refractivity contribution in [3.63, 3.8) is 0 Å². The van der Waals surface area contributed by atoms with E-state index >= 15 is 0 Å². The van der Waals surface area contributed by atoms with Gasteiger partial charge in [-0.2, -0.15) is 11.8 Å². The highest BCUT2D eigenvalue weighted by molar-refractivity contribution is 8.00. The second kappa shape index (κ2) is 4.04. The normalized spacial score (nSPS) is 21.3. The first-order valence-corrected chi connectivity index (χ1v) is 5.60. The number of rotatable bonds is 3. The van der Waals surface area contributed by atoms with Crippen LogP contribution in [0.5, 0.6) is 0 Å². The first kappa shape index (κ1) is 9.58. The van der Waals surface area contributed by atoms with E-state index < -0.39 is 5.97 Å². The Kier molecular flexibility index (Phi) is 2.77. The van der Waals surface area contributed by atoms with Gasteiger partial charge < -0.3 is 9.63 Å². The fourth-order valence-corrected chi connectivity index (χ4v) is 2.87. The average Bonchev–Trinajstić information content (AvgIpc) is 2.75. The summed E-state index contributed by atoms with van der Waals surface area (Å²) in [4.78, 5) is 10.7. The number of nitrogens with zero attached hydrogens (tertiary/aromatic N) is 1. The Bertz CT molecular complexity index is 331. The molecule has 1 aromatic rings. The second-order valence-electron chi connectivity index (χ2n) is 3.31. The van der Waals surface area contributed by atoms with Gasteiger partial charge in [0.15, 0.2) is 5.76 Å². The molecule has 2 heterocycles. The monoisotopic (exact) mass is 213 g/mol. The highest BCUT2D eigenvalue weighted by atomic mass is 32.2. The molecule has 1 aliphatic heterocycles. The molecule has 4 nitrogen and oxygen atoms in total. The number of hydrogen-bond acceptors (Lipinski definition) is 4. The van der Waals surface area contributed by atoms with Gasteiger partial charge >= 0.3 is 5.97 Å². The molecule has 5 heteroatoms. The molecular weight excluding hydrogens is 202 g/mol. The van der Waals surface area contributed by atoms with Crippen molar-refractivity contribution in [1.82, 2.24) is 5.16 Å². The van der Waals surface area contributed by atoms with Crippen molar-refractivity contribution in [3.05, 3.63) is 17.5 Å². The summed E-state index contributed by atoms with van der Waals surface area (Å²) in [7, 11) is 0. The van der Waals surface area contributed by atoms with Crippen molar-refractivity contribution in [2.75, 3.05) is 5.75 Å². The lowest BCUT2D eigenvalue weighted by atomic mass is 10.1. The summed E-state index contributed by atoms with van der Waals surface area (Å²) in [5.74, 6) is 0.724. The first-order valence-electron chi connectivity index (χ1n) is 4.56. The molecule has 0 saturated carbocycles. The van der Waals surface area contributed by atoms with Crippen LogP contribution >= 0.6 is 11.8 Å². The fourth-order valence-electron chi connectivity index (χ4n) is 1.60. The molecule has 1 N–H and O–H groups in total. The summed E-state index contributed by atoms with van der Waals surface area (Å²) in [5.41, 5.74) is 0.206. The van der Waals surface area contributed by atoms with E-state index in [-0.39, 0.29) is 5.56 Å². The van der Waals surface area contributed by atoms with Crippen molar-refractivity contribution >= 4 is 17.7 Å². The molecular formula is C9H11NO3S. The van der Waals surface area contributed by atoms with Gasteiger partial charge in [0.25, 0.3) is 0 Å². The minimum absolute atomic E-state index is 0.206. The molecule has 0 bridgehead atoms. The Balaban J connectivity index is 2.07. The van der Waals surface area contributed by atoms with Gasteiger partial charge in [-0.3, -0.25) is 0 Å². The first-order chi connectivity index (χ1) is 6.77. The highest BCUT2D eigenvalue weighted by Gasteiger charge is 2.22. The van der Waals surface area contributed by atoms with Crippen LogP contribution < -0.4 is 0 Å². The molecule has 1 unspecified atom stereocenters. The maximum absolute atomic E-state index is 10.7. The van der Waals surface area contributed by atoms with Gasteiger partial charge in [-0.15, -0.1) is 0 Å². The number of hydrogen-bond donors (Lipinski definition) is 1. The quantitative estimate of drug-likeness (QED) is 0.829. The van der Waals surface area contributed by atoms with Gasteiger partial charge in [-0.1, -0.05) is 5.16 Å². The van der Waals surface area contributed by atoms with Crippen molar-refractivity contribution in [1.29, 1.82) is 0 Å². The molecule has 76 valence electrons. The standard InChI is InChI=1S/C9H11NO3S/c11-9(12)7-5-10-13-8(7)4-6-2-1-3-14-6/h5-6H,1-4H2,(H,11,12). The van der Waals surface area contributed by atoms with Gasteiger partial charge in [-0.05, 0) is 18.6 Å². The zero-order valence-corrected chi connectivity index (χ0v) is 8.42. The maximum atomic E-state index is 10.7.